The van der Waals surface area contributed by atoms with Crippen molar-refractivity contribution in [3.63, 3.8) is 0 Å². The summed E-state index contributed by atoms with van der Waals surface area (Å²) < 4.78 is 11.0. The van der Waals surface area contributed by atoms with E-state index >= 15 is 0 Å². The third kappa shape index (κ3) is 3.34. The SMILES string of the molecule is C[C@]1(NC(=O)c2cscn2)CCOC2(CCN(C(=O)c3ccoc3)CC2)[C@@H]1O. The van der Waals surface area contributed by atoms with E-state index in [0.29, 0.717) is 50.2 Å². The third-order valence-corrected chi connectivity index (χ3v) is 6.43. The number of likely N-dealkylation sites (tertiary alicyclic amines) is 1. The molecular formula is C19H23N3O5S. The maximum absolute atomic E-state index is 12.5. The molecule has 0 radical (unpaired) electrons. The zero-order valence-electron chi connectivity index (χ0n) is 15.6. The van der Waals surface area contributed by atoms with Crippen molar-refractivity contribution in [1.29, 1.82) is 0 Å². The number of amides is 2. The van der Waals surface area contributed by atoms with E-state index in [2.05, 4.69) is 10.3 Å². The molecule has 0 saturated carbocycles. The molecule has 2 fully saturated rings. The van der Waals surface area contributed by atoms with E-state index < -0.39 is 17.2 Å². The number of thiazole rings is 1. The predicted octanol–water partition coefficient (Wildman–Crippen LogP) is 1.68. The molecule has 2 saturated heterocycles. The van der Waals surface area contributed by atoms with E-state index in [0.717, 1.165) is 0 Å². The number of piperidine rings is 1. The highest BCUT2D eigenvalue weighted by atomic mass is 32.1. The predicted molar refractivity (Wildman–Crippen MR) is 101 cm³/mol. The van der Waals surface area contributed by atoms with Gasteiger partial charge in [-0.1, -0.05) is 0 Å². The Balaban J connectivity index is 1.45. The van der Waals surface area contributed by atoms with Crippen molar-refractivity contribution in [3.8, 4) is 0 Å². The number of aliphatic hydroxyl groups excluding tert-OH is 1. The first-order valence-electron chi connectivity index (χ1n) is 9.28. The minimum Gasteiger partial charge on any atom is -0.472 e. The van der Waals surface area contributed by atoms with E-state index in [1.54, 1.807) is 21.9 Å². The first kappa shape index (κ1) is 19.1. The van der Waals surface area contributed by atoms with Crippen molar-refractivity contribution in [3.05, 3.63) is 40.7 Å². The number of nitrogens with one attached hydrogen (secondary N) is 1. The van der Waals surface area contributed by atoms with Crippen LogP contribution in [-0.4, -0.2) is 63.7 Å². The topological polar surface area (TPSA) is 105 Å². The number of hydrogen-bond acceptors (Lipinski definition) is 7. The second kappa shape index (κ2) is 7.31. The van der Waals surface area contributed by atoms with Crippen LogP contribution in [0.15, 0.2) is 33.9 Å². The fourth-order valence-electron chi connectivity index (χ4n) is 4.12. The normalized spacial score (nSPS) is 26.9. The van der Waals surface area contributed by atoms with Gasteiger partial charge in [0.05, 0.1) is 28.5 Å². The molecule has 4 rings (SSSR count). The number of carbonyl (C=O) groups excluding carboxylic acids is 2. The average Bonchev–Trinajstić information content (AvgIpc) is 3.40. The van der Waals surface area contributed by atoms with Crippen LogP contribution in [0.1, 0.15) is 47.0 Å². The highest BCUT2D eigenvalue weighted by molar-refractivity contribution is 7.07. The molecule has 4 heterocycles. The summed E-state index contributed by atoms with van der Waals surface area (Å²) in [6, 6.07) is 1.64. The lowest BCUT2D eigenvalue weighted by molar-refractivity contribution is -0.203. The van der Waals surface area contributed by atoms with Gasteiger partial charge >= 0.3 is 0 Å². The molecule has 0 bridgehead atoms. The lowest BCUT2D eigenvalue weighted by Crippen LogP contribution is -2.69. The van der Waals surface area contributed by atoms with Gasteiger partial charge in [0.1, 0.15) is 18.1 Å². The number of carbonyl (C=O) groups is 2. The maximum Gasteiger partial charge on any atom is 0.271 e. The van der Waals surface area contributed by atoms with Crippen molar-refractivity contribution < 1.29 is 23.8 Å². The fourth-order valence-corrected chi connectivity index (χ4v) is 4.65. The Hall–Kier alpha value is -2.23. The van der Waals surface area contributed by atoms with Crippen LogP contribution in [0.5, 0.6) is 0 Å². The van der Waals surface area contributed by atoms with E-state index in [1.807, 2.05) is 6.92 Å². The standard InChI is InChI=1S/C19H23N3O5S/c1-18(21-15(23)14-11-28-12-20-14)5-9-27-19(17(18)25)3-6-22(7-4-19)16(24)13-2-8-26-10-13/h2,8,10-12,17,25H,3-7,9H2,1H3,(H,21,23)/t17-,18+/m1/s1. The summed E-state index contributed by atoms with van der Waals surface area (Å²) in [7, 11) is 0. The second-order valence-corrected chi connectivity index (χ2v) is 8.33. The van der Waals surface area contributed by atoms with Gasteiger partial charge in [0.2, 0.25) is 0 Å². The molecule has 0 aromatic carbocycles. The first-order valence-corrected chi connectivity index (χ1v) is 10.2. The Bertz CT molecular complexity index is 830. The molecule has 9 heteroatoms. The van der Waals surface area contributed by atoms with Crippen LogP contribution in [0.3, 0.4) is 0 Å². The van der Waals surface area contributed by atoms with Gasteiger partial charge in [0.15, 0.2) is 0 Å². The molecule has 2 atom stereocenters. The highest BCUT2D eigenvalue weighted by Gasteiger charge is 2.54. The van der Waals surface area contributed by atoms with E-state index in [4.69, 9.17) is 9.15 Å². The quantitative estimate of drug-likeness (QED) is 0.805. The van der Waals surface area contributed by atoms with Crippen molar-refractivity contribution >= 4 is 23.2 Å². The number of aromatic nitrogens is 1. The maximum atomic E-state index is 12.5. The van der Waals surface area contributed by atoms with E-state index in [-0.39, 0.29) is 11.8 Å². The Morgan fingerprint density at radius 2 is 2.14 bits per heavy atom. The molecule has 1 spiro atoms. The summed E-state index contributed by atoms with van der Waals surface area (Å²) in [6.45, 7) is 3.21. The van der Waals surface area contributed by atoms with Crippen molar-refractivity contribution in [1.82, 2.24) is 15.2 Å². The first-order chi connectivity index (χ1) is 13.4. The molecule has 2 aliphatic heterocycles. The van der Waals surface area contributed by atoms with Crippen molar-refractivity contribution in [2.24, 2.45) is 0 Å². The summed E-state index contributed by atoms with van der Waals surface area (Å²) in [5, 5.41) is 15.8. The van der Waals surface area contributed by atoms with Gasteiger partial charge in [-0.05, 0) is 32.3 Å². The third-order valence-electron chi connectivity index (χ3n) is 5.84. The number of hydrogen-bond donors (Lipinski definition) is 2. The van der Waals surface area contributed by atoms with Crippen LogP contribution < -0.4 is 5.32 Å². The monoisotopic (exact) mass is 405 g/mol. The zero-order valence-corrected chi connectivity index (χ0v) is 16.4. The summed E-state index contributed by atoms with van der Waals surface area (Å²) >= 11 is 1.35. The Labute approximate surface area is 166 Å². The molecule has 2 aliphatic rings. The van der Waals surface area contributed by atoms with Crippen LogP contribution in [0.2, 0.25) is 0 Å². The van der Waals surface area contributed by atoms with Crippen LogP contribution in [0.4, 0.5) is 0 Å². The number of ether oxygens (including phenoxy) is 1. The smallest absolute Gasteiger partial charge is 0.271 e. The molecule has 28 heavy (non-hydrogen) atoms. The molecule has 2 amide bonds. The molecule has 2 N–H and O–H groups in total. The summed E-state index contributed by atoms with van der Waals surface area (Å²) in [5.74, 6) is -0.388. The van der Waals surface area contributed by atoms with Gasteiger partial charge in [-0.2, -0.15) is 0 Å². The number of furan rings is 1. The van der Waals surface area contributed by atoms with Gasteiger partial charge in [-0.25, -0.2) is 4.98 Å². The zero-order chi connectivity index (χ0) is 19.8. The number of nitrogens with zero attached hydrogens (tertiary/aromatic N) is 2. The van der Waals surface area contributed by atoms with Crippen LogP contribution in [-0.2, 0) is 4.74 Å². The van der Waals surface area contributed by atoms with Gasteiger partial charge in [-0.15, -0.1) is 11.3 Å². The number of rotatable bonds is 3. The van der Waals surface area contributed by atoms with E-state index in [1.165, 1.54) is 23.9 Å². The number of aliphatic hydroxyl groups is 1. The second-order valence-electron chi connectivity index (χ2n) is 7.62. The lowest BCUT2D eigenvalue weighted by atomic mass is 9.73. The minimum atomic E-state index is -0.887. The Morgan fingerprint density at radius 3 is 2.79 bits per heavy atom. The summed E-state index contributed by atoms with van der Waals surface area (Å²) in [5.41, 5.74) is 0.859. The Kier molecular flexibility index (Phi) is 4.98. The molecule has 0 aliphatic carbocycles. The van der Waals surface area contributed by atoms with Gasteiger partial charge in [-0.3, -0.25) is 9.59 Å². The van der Waals surface area contributed by atoms with Crippen molar-refractivity contribution in [2.75, 3.05) is 19.7 Å². The molecular weight excluding hydrogens is 382 g/mol. The van der Waals surface area contributed by atoms with Crippen LogP contribution in [0.25, 0.3) is 0 Å². The van der Waals surface area contributed by atoms with Gasteiger partial charge < -0.3 is 24.5 Å². The lowest BCUT2D eigenvalue weighted by Gasteiger charge is -2.53. The Morgan fingerprint density at radius 1 is 1.36 bits per heavy atom. The van der Waals surface area contributed by atoms with Crippen LogP contribution in [0, 0.1) is 0 Å². The molecule has 2 aromatic heterocycles. The van der Waals surface area contributed by atoms with Gasteiger partial charge in [0, 0.05) is 25.1 Å². The molecule has 2 aromatic rings. The molecule has 150 valence electrons. The largest absolute Gasteiger partial charge is 0.472 e. The fraction of sp³-hybridized carbons (Fsp3) is 0.526. The van der Waals surface area contributed by atoms with Gasteiger partial charge in [0.25, 0.3) is 11.8 Å². The summed E-state index contributed by atoms with van der Waals surface area (Å²) in [4.78, 5) is 30.8. The highest BCUT2D eigenvalue weighted by Crippen LogP contribution is 2.40. The minimum absolute atomic E-state index is 0.0894. The molecule has 0 unspecified atom stereocenters. The average molecular weight is 405 g/mol. The van der Waals surface area contributed by atoms with Crippen LogP contribution >= 0.6 is 11.3 Å². The van der Waals surface area contributed by atoms with E-state index in [9.17, 15) is 14.7 Å². The summed E-state index contributed by atoms with van der Waals surface area (Å²) in [6.07, 6.45) is 3.53. The van der Waals surface area contributed by atoms with Crippen molar-refractivity contribution in [2.45, 2.75) is 43.4 Å². The molecule has 8 nitrogen and oxygen atoms in total.